The van der Waals surface area contributed by atoms with Crippen LogP contribution in [-0.2, 0) is 22.6 Å². The number of aliphatic hydroxyl groups is 1. The molecule has 0 unspecified atom stereocenters. The molecule has 0 aliphatic carbocycles. The van der Waals surface area contributed by atoms with E-state index in [0.29, 0.717) is 18.5 Å². The third-order valence-corrected chi connectivity index (χ3v) is 5.01. The largest absolute Gasteiger partial charge is 0.396 e. The number of likely N-dealkylation sites (tertiary alicyclic amines) is 1. The Hall–Kier alpha value is -1.09. The molecule has 2 aliphatic rings. The molecule has 0 saturated carbocycles. The highest BCUT2D eigenvalue weighted by molar-refractivity contribution is 4.91. The van der Waals surface area contributed by atoms with E-state index >= 15 is 0 Å². The molecule has 0 spiro atoms. The van der Waals surface area contributed by atoms with Crippen molar-refractivity contribution < 1.29 is 14.6 Å². The molecule has 8 heteroatoms. The molecule has 0 aromatic carbocycles. The summed E-state index contributed by atoms with van der Waals surface area (Å²) in [6.07, 6.45) is 4.09. The Bertz CT molecular complexity index is 477. The zero-order valence-corrected chi connectivity index (χ0v) is 13.8. The van der Waals surface area contributed by atoms with Crippen LogP contribution in [-0.4, -0.2) is 75.8 Å². The van der Waals surface area contributed by atoms with Gasteiger partial charge >= 0.3 is 0 Å². The molecule has 130 valence electrons. The van der Waals surface area contributed by atoms with Crippen molar-refractivity contribution in [1.29, 1.82) is 0 Å². The van der Waals surface area contributed by atoms with Crippen LogP contribution >= 0.6 is 0 Å². The minimum absolute atomic E-state index is 0.199. The fraction of sp³-hybridized carbons (Fsp3) is 0.933. The van der Waals surface area contributed by atoms with Crippen LogP contribution in [0.2, 0.25) is 0 Å². The highest BCUT2D eigenvalue weighted by Crippen LogP contribution is 2.24. The molecule has 8 nitrogen and oxygen atoms in total. The molecular weight excluding hydrogens is 298 g/mol. The van der Waals surface area contributed by atoms with Crippen molar-refractivity contribution in [2.45, 2.75) is 50.9 Å². The molecule has 0 radical (unpaired) electrons. The lowest BCUT2D eigenvalue weighted by atomic mass is 10.0. The number of rotatable bonds is 7. The minimum Gasteiger partial charge on any atom is -0.396 e. The SMILES string of the molecule is CO[C@H]1C[C@@H](CCO)N(Cc2nnnn2CC2CCOCC2)C1. The van der Waals surface area contributed by atoms with Crippen molar-refractivity contribution in [2.24, 2.45) is 5.92 Å². The van der Waals surface area contributed by atoms with Crippen molar-refractivity contribution >= 4 is 0 Å². The van der Waals surface area contributed by atoms with Crippen LogP contribution in [0, 0.1) is 5.92 Å². The number of hydrogen-bond acceptors (Lipinski definition) is 7. The predicted molar refractivity (Wildman–Crippen MR) is 82.7 cm³/mol. The third kappa shape index (κ3) is 4.26. The first-order chi connectivity index (χ1) is 11.3. The standard InChI is InChI=1S/C15H27N5O3/c1-22-14-8-13(2-5-21)19(10-14)11-15-16-17-18-20(15)9-12-3-6-23-7-4-12/h12-14,21H,2-11H2,1H3/t13-,14+/m1/s1. The molecule has 2 atom stereocenters. The summed E-state index contributed by atoms with van der Waals surface area (Å²) in [5.41, 5.74) is 0. The molecule has 1 N–H and O–H groups in total. The molecule has 2 aliphatic heterocycles. The number of aliphatic hydroxyl groups excluding tert-OH is 1. The summed E-state index contributed by atoms with van der Waals surface area (Å²) in [7, 11) is 1.75. The Morgan fingerprint density at radius 2 is 2.17 bits per heavy atom. The molecule has 23 heavy (non-hydrogen) atoms. The normalized spacial score (nSPS) is 26.9. The zero-order valence-electron chi connectivity index (χ0n) is 13.8. The van der Waals surface area contributed by atoms with Gasteiger partial charge in [-0.25, -0.2) is 4.68 Å². The van der Waals surface area contributed by atoms with Crippen molar-refractivity contribution in [1.82, 2.24) is 25.1 Å². The average molecular weight is 325 g/mol. The van der Waals surface area contributed by atoms with Gasteiger partial charge in [-0.3, -0.25) is 4.90 Å². The van der Waals surface area contributed by atoms with E-state index in [4.69, 9.17) is 9.47 Å². The van der Waals surface area contributed by atoms with Crippen molar-refractivity contribution in [2.75, 3.05) is 33.5 Å². The summed E-state index contributed by atoms with van der Waals surface area (Å²) in [6, 6.07) is 0.332. The molecule has 2 saturated heterocycles. The molecule has 3 heterocycles. The van der Waals surface area contributed by atoms with Crippen LogP contribution in [0.5, 0.6) is 0 Å². The number of nitrogens with zero attached hydrogens (tertiary/aromatic N) is 5. The summed E-state index contributed by atoms with van der Waals surface area (Å²) in [5, 5.41) is 21.5. The van der Waals surface area contributed by atoms with E-state index < -0.39 is 0 Å². The van der Waals surface area contributed by atoms with Crippen molar-refractivity contribution in [3.8, 4) is 0 Å². The fourth-order valence-electron chi connectivity index (χ4n) is 3.59. The third-order valence-electron chi connectivity index (χ3n) is 5.01. The monoisotopic (exact) mass is 325 g/mol. The van der Waals surface area contributed by atoms with Gasteiger partial charge < -0.3 is 14.6 Å². The van der Waals surface area contributed by atoms with Gasteiger partial charge in [-0.1, -0.05) is 0 Å². The highest BCUT2D eigenvalue weighted by atomic mass is 16.5. The molecular formula is C15H27N5O3. The number of methoxy groups -OCH3 is 1. The average Bonchev–Trinajstić information content (AvgIpc) is 3.17. The topological polar surface area (TPSA) is 85.5 Å². The van der Waals surface area contributed by atoms with Crippen molar-refractivity contribution in [3.05, 3.63) is 5.82 Å². The second-order valence-electron chi connectivity index (χ2n) is 6.52. The predicted octanol–water partition coefficient (Wildman–Crippen LogP) is 0.0714. The minimum atomic E-state index is 0.199. The van der Waals surface area contributed by atoms with Crippen LogP contribution < -0.4 is 0 Å². The van der Waals surface area contributed by atoms with Gasteiger partial charge in [-0.2, -0.15) is 0 Å². The first-order valence-corrected chi connectivity index (χ1v) is 8.50. The second-order valence-corrected chi connectivity index (χ2v) is 6.52. The Kier molecular flexibility index (Phi) is 5.93. The Morgan fingerprint density at radius 1 is 1.35 bits per heavy atom. The van der Waals surface area contributed by atoms with E-state index in [1.54, 1.807) is 7.11 Å². The van der Waals surface area contributed by atoms with Gasteiger partial charge in [0.15, 0.2) is 5.82 Å². The van der Waals surface area contributed by atoms with E-state index in [-0.39, 0.29) is 12.7 Å². The summed E-state index contributed by atoms with van der Waals surface area (Å²) in [6.45, 7) is 4.30. The Labute approximate surface area is 136 Å². The molecule has 3 rings (SSSR count). The quantitative estimate of drug-likeness (QED) is 0.759. The van der Waals surface area contributed by atoms with E-state index in [0.717, 1.165) is 57.8 Å². The first kappa shape index (κ1) is 16.8. The van der Waals surface area contributed by atoms with Gasteiger partial charge in [0.2, 0.25) is 0 Å². The summed E-state index contributed by atoms with van der Waals surface area (Å²) < 4.78 is 12.8. The first-order valence-electron chi connectivity index (χ1n) is 8.50. The van der Waals surface area contributed by atoms with Crippen LogP contribution in [0.4, 0.5) is 0 Å². The van der Waals surface area contributed by atoms with Gasteiger partial charge in [0.1, 0.15) is 0 Å². The lowest BCUT2D eigenvalue weighted by molar-refractivity contribution is 0.0592. The zero-order chi connectivity index (χ0) is 16.1. The maximum Gasteiger partial charge on any atom is 0.165 e. The van der Waals surface area contributed by atoms with Gasteiger partial charge in [-0.15, -0.1) is 5.10 Å². The van der Waals surface area contributed by atoms with Gasteiger partial charge in [0.05, 0.1) is 12.6 Å². The smallest absolute Gasteiger partial charge is 0.165 e. The van der Waals surface area contributed by atoms with E-state index in [2.05, 4.69) is 20.4 Å². The Morgan fingerprint density at radius 3 is 2.91 bits per heavy atom. The molecule has 1 aromatic heterocycles. The van der Waals surface area contributed by atoms with E-state index in [1.165, 1.54) is 0 Å². The maximum absolute atomic E-state index is 9.28. The van der Waals surface area contributed by atoms with Crippen LogP contribution in [0.3, 0.4) is 0 Å². The summed E-state index contributed by atoms with van der Waals surface area (Å²) in [5.74, 6) is 1.49. The summed E-state index contributed by atoms with van der Waals surface area (Å²) >= 11 is 0. The fourth-order valence-corrected chi connectivity index (χ4v) is 3.59. The van der Waals surface area contributed by atoms with E-state index in [1.807, 2.05) is 4.68 Å². The lowest BCUT2D eigenvalue weighted by Crippen LogP contribution is -2.32. The maximum atomic E-state index is 9.28. The highest BCUT2D eigenvalue weighted by Gasteiger charge is 2.32. The lowest BCUT2D eigenvalue weighted by Gasteiger charge is -2.24. The second kappa shape index (κ2) is 8.14. The van der Waals surface area contributed by atoms with Crippen molar-refractivity contribution in [3.63, 3.8) is 0 Å². The van der Waals surface area contributed by atoms with Gasteiger partial charge in [-0.05, 0) is 42.0 Å². The number of hydrogen-bond donors (Lipinski definition) is 1. The number of aromatic nitrogens is 4. The molecule has 1 aromatic rings. The summed E-state index contributed by atoms with van der Waals surface area (Å²) in [4.78, 5) is 2.33. The van der Waals surface area contributed by atoms with Crippen LogP contribution in [0.1, 0.15) is 31.5 Å². The Balaban J connectivity index is 1.61. The molecule has 2 fully saturated rings. The number of ether oxygens (including phenoxy) is 2. The van der Waals surface area contributed by atoms with Crippen LogP contribution in [0.25, 0.3) is 0 Å². The molecule has 0 bridgehead atoms. The van der Waals surface area contributed by atoms with Crippen LogP contribution in [0.15, 0.2) is 0 Å². The van der Waals surface area contributed by atoms with Gasteiger partial charge in [0, 0.05) is 46.1 Å². The number of tetrazole rings is 1. The van der Waals surface area contributed by atoms with E-state index in [9.17, 15) is 5.11 Å². The van der Waals surface area contributed by atoms with Gasteiger partial charge in [0.25, 0.3) is 0 Å². The molecule has 0 amide bonds.